The molecule has 8 heteroatoms. The first-order chi connectivity index (χ1) is 15.2. The van der Waals surface area contributed by atoms with Crippen molar-refractivity contribution in [2.24, 2.45) is 0 Å². The van der Waals surface area contributed by atoms with Crippen LogP contribution in [0.25, 0.3) is 28.6 Å². The molecule has 31 heavy (non-hydrogen) atoms. The van der Waals surface area contributed by atoms with Gasteiger partial charge in [0.1, 0.15) is 5.69 Å². The Balaban J connectivity index is 1.52. The standard InChI is InChI=1S/C23H21N5O3/c1-3-4-14-30-23(29)28-12-10-17(11-13-28)19-15-24-16(2)20(25-19)22-27-26-21(31-22)18-8-6-5-7-9-18/h5-10,15H,11-14H2,1-2H3. The quantitative estimate of drug-likeness (QED) is 0.599. The highest BCUT2D eigenvalue weighted by Crippen LogP contribution is 2.27. The number of amides is 1. The average molecular weight is 415 g/mol. The Morgan fingerprint density at radius 3 is 2.77 bits per heavy atom. The van der Waals surface area contributed by atoms with Crippen molar-refractivity contribution in [3.05, 3.63) is 54.0 Å². The molecule has 0 radical (unpaired) electrons. The molecule has 1 aromatic carbocycles. The molecule has 1 amide bonds. The molecular weight excluding hydrogens is 394 g/mol. The van der Waals surface area contributed by atoms with E-state index in [0.29, 0.717) is 42.7 Å². The first kappa shape index (κ1) is 20.3. The minimum absolute atomic E-state index is 0.102. The van der Waals surface area contributed by atoms with Crippen molar-refractivity contribution in [3.63, 3.8) is 0 Å². The Morgan fingerprint density at radius 2 is 2.03 bits per heavy atom. The molecule has 4 rings (SSSR count). The van der Waals surface area contributed by atoms with Crippen LogP contribution in [0.1, 0.15) is 24.7 Å². The molecule has 0 spiro atoms. The number of carbonyl (C=O) groups excluding carboxylic acids is 1. The van der Waals surface area contributed by atoms with E-state index < -0.39 is 0 Å². The topological polar surface area (TPSA) is 94.2 Å². The number of aryl methyl sites for hydroxylation is 1. The van der Waals surface area contributed by atoms with Crippen molar-refractivity contribution in [2.45, 2.75) is 20.3 Å². The predicted molar refractivity (Wildman–Crippen MR) is 114 cm³/mol. The number of carbonyl (C=O) groups is 1. The fourth-order valence-electron chi connectivity index (χ4n) is 3.15. The third-order valence-electron chi connectivity index (χ3n) is 4.84. The third-order valence-corrected chi connectivity index (χ3v) is 4.84. The molecular formula is C23H21N5O3. The Hall–Kier alpha value is -3.99. The van der Waals surface area contributed by atoms with E-state index in [0.717, 1.165) is 16.8 Å². The van der Waals surface area contributed by atoms with Crippen LogP contribution in [0.3, 0.4) is 0 Å². The molecule has 0 fully saturated rings. The second kappa shape index (κ2) is 9.22. The molecule has 8 nitrogen and oxygen atoms in total. The van der Waals surface area contributed by atoms with E-state index in [2.05, 4.69) is 27.0 Å². The molecule has 0 unspecified atom stereocenters. The van der Waals surface area contributed by atoms with Crippen molar-refractivity contribution in [2.75, 3.05) is 19.7 Å². The molecule has 0 saturated carbocycles. The van der Waals surface area contributed by atoms with Crippen molar-refractivity contribution < 1.29 is 13.9 Å². The molecule has 3 aromatic rings. The molecule has 0 saturated heterocycles. The van der Waals surface area contributed by atoms with E-state index >= 15 is 0 Å². The molecule has 2 aromatic heterocycles. The molecule has 0 bridgehead atoms. The first-order valence-corrected chi connectivity index (χ1v) is 9.89. The number of rotatable bonds is 4. The summed E-state index contributed by atoms with van der Waals surface area (Å²) in [6.45, 7) is 4.64. The number of aromatic nitrogens is 4. The second-order valence-electron chi connectivity index (χ2n) is 6.87. The molecule has 0 atom stereocenters. The third kappa shape index (κ3) is 4.61. The summed E-state index contributed by atoms with van der Waals surface area (Å²) in [6, 6.07) is 9.57. The lowest BCUT2D eigenvalue weighted by Gasteiger charge is -2.25. The van der Waals surface area contributed by atoms with Crippen molar-refractivity contribution in [1.82, 2.24) is 25.1 Å². The van der Waals surface area contributed by atoms with Crippen molar-refractivity contribution in [3.8, 4) is 34.9 Å². The number of hydrogen-bond donors (Lipinski definition) is 0. The van der Waals surface area contributed by atoms with Crippen molar-refractivity contribution in [1.29, 1.82) is 0 Å². The highest BCUT2D eigenvalue weighted by atomic mass is 16.6. The van der Waals surface area contributed by atoms with E-state index in [-0.39, 0.29) is 12.7 Å². The second-order valence-corrected chi connectivity index (χ2v) is 6.87. The van der Waals surface area contributed by atoms with Gasteiger partial charge in [-0.1, -0.05) is 30.2 Å². The van der Waals surface area contributed by atoms with Gasteiger partial charge in [-0.15, -0.1) is 16.1 Å². The van der Waals surface area contributed by atoms with Gasteiger partial charge in [0.25, 0.3) is 5.89 Å². The summed E-state index contributed by atoms with van der Waals surface area (Å²) < 4.78 is 11.0. The van der Waals surface area contributed by atoms with Gasteiger partial charge in [0, 0.05) is 18.7 Å². The van der Waals surface area contributed by atoms with Gasteiger partial charge in [-0.2, -0.15) is 0 Å². The summed E-state index contributed by atoms with van der Waals surface area (Å²) in [4.78, 5) is 22.9. The minimum atomic E-state index is -0.368. The van der Waals surface area contributed by atoms with Crippen LogP contribution in [0.4, 0.5) is 4.79 Å². The van der Waals surface area contributed by atoms with Crippen LogP contribution in [0.15, 0.2) is 47.0 Å². The van der Waals surface area contributed by atoms with Crippen LogP contribution >= 0.6 is 0 Å². The number of nitrogens with zero attached hydrogens (tertiary/aromatic N) is 5. The summed E-state index contributed by atoms with van der Waals surface area (Å²) in [5, 5.41) is 8.30. The lowest BCUT2D eigenvalue weighted by molar-refractivity contribution is 0.118. The smallest absolute Gasteiger partial charge is 0.411 e. The van der Waals surface area contributed by atoms with Gasteiger partial charge in [0.05, 0.1) is 17.6 Å². The summed E-state index contributed by atoms with van der Waals surface area (Å²) >= 11 is 0. The van der Waals surface area contributed by atoms with Gasteiger partial charge < -0.3 is 14.1 Å². The maximum atomic E-state index is 12.1. The zero-order valence-electron chi connectivity index (χ0n) is 17.3. The van der Waals surface area contributed by atoms with Gasteiger partial charge in [0.15, 0.2) is 6.61 Å². The molecule has 1 aliphatic heterocycles. The van der Waals surface area contributed by atoms with Gasteiger partial charge in [-0.25, -0.2) is 9.78 Å². The zero-order chi connectivity index (χ0) is 21.6. The molecule has 156 valence electrons. The van der Waals surface area contributed by atoms with E-state index in [1.165, 1.54) is 0 Å². The van der Waals surface area contributed by atoms with Gasteiger partial charge in [-0.05, 0) is 38.0 Å². The van der Waals surface area contributed by atoms with Crippen LogP contribution in [-0.4, -0.2) is 50.9 Å². The summed E-state index contributed by atoms with van der Waals surface area (Å²) in [6.07, 6.45) is 3.96. The fourth-order valence-corrected chi connectivity index (χ4v) is 3.15. The van der Waals surface area contributed by atoms with Gasteiger partial charge in [0.2, 0.25) is 5.89 Å². The highest BCUT2D eigenvalue weighted by Gasteiger charge is 2.21. The Morgan fingerprint density at radius 1 is 1.23 bits per heavy atom. The van der Waals surface area contributed by atoms with Crippen LogP contribution in [0.5, 0.6) is 0 Å². The van der Waals surface area contributed by atoms with E-state index in [1.54, 1.807) is 18.0 Å². The SMILES string of the molecule is CC#CCOC(=O)N1CC=C(c2cnc(C)c(-c3nnc(-c4ccccc4)o3)n2)CC1. The molecule has 3 heterocycles. The van der Waals surface area contributed by atoms with Gasteiger partial charge >= 0.3 is 6.09 Å². The minimum Gasteiger partial charge on any atom is -0.436 e. The zero-order valence-corrected chi connectivity index (χ0v) is 17.3. The number of benzene rings is 1. The van der Waals surface area contributed by atoms with Crippen LogP contribution in [-0.2, 0) is 4.74 Å². The monoisotopic (exact) mass is 415 g/mol. The Bertz CT molecular complexity index is 1170. The van der Waals surface area contributed by atoms with Crippen LogP contribution < -0.4 is 0 Å². The summed E-state index contributed by atoms with van der Waals surface area (Å²) in [5.41, 5.74) is 3.83. The van der Waals surface area contributed by atoms with Gasteiger partial charge in [-0.3, -0.25) is 4.98 Å². The summed E-state index contributed by atoms with van der Waals surface area (Å²) in [5.74, 6) is 6.17. The lowest BCUT2D eigenvalue weighted by atomic mass is 10.1. The van der Waals surface area contributed by atoms with E-state index in [1.807, 2.05) is 43.3 Å². The van der Waals surface area contributed by atoms with E-state index in [4.69, 9.17) is 14.1 Å². The largest absolute Gasteiger partial charge is 0.436 e. The fraction of sp³-hybridized carbons (Fsp3) is 0.261. The normalized spacial score (nSPS) is 13.2. The summed E-state index contributed by atoms with van der Waals surface area (Å²) in [7, 11) is 0. The average Bonchev–Trinajstić information content (AvgIpc) is 3.30. The highest BCUT2D eigenvalue weighted by molar-refractivity contribution is 5.72. The molecule has 0 aliphatic carbocycles. The van der Waals surface area contributed by atoms with Crippen LogP contribution in [0.2, 0.25) is 0 Å². The Labute approximate surface area is 180 Å². The first-order valence-electron chi connectivity index (χ1n) is 9.89. The molecule has 0 N–H and O–H groups in total. The lowest BCUT2D eigenvalue weighted by Crippen LogP contribution is -2.35. The maximum Gasteiger partial charge on any atom is 0.411 e. The van der Waals surface area contributed by atoms with Crippen LogP contribution in [0, 0.1) is 18.8 Å². The van der Waals surface area contributed by atoms with E-state index in [9.17, 15) is 4.79 Å². The predicted octanol–water partition coefficient (Wildman–Crippen LogP) is 3.75. The van der Waals surface area contributed by atoms with Crippen molar-refractivity contribution >= 4 is 11.7 Å². The number of hydrogen-bond acceptors (Lipinski definition) is 7. The Kier molecular flexibility index (Phi) is 6.03. The number of ether oxygens (including phenoxy) is 1. The molecule has 1 aliphatic rings. The maximum absolute atomic E-state index is 12.1.